The zero-order valence-electron chi connectivity index (χ0n) is 8.34. The van der Waals surface area contributed by atoms with E-state index in [1.807, 2.05) is 66.7 Å². The first-order valence-corrected chi connectivity index (χ1v) is 4.88. The van der Waals surface area contributed by atoms with Crippen LogP contribution >= 0.6 is 0 Å². The molecule has 74 valence electrons. The van der Waals surface area contributed by atoms with Crippen molar-refractivity contribution in [2.75, 3.05) is 0 Å². The number of hydrogen-bond acceptors (Lipinski definition) is 1. The van der Waals surface area contributed by atoms with E-state index in [0.717, 1.165) is 11.3 Å². The molecule has 0 fully saturated rings. The van der Waals surface area contributed by atoms with Crippen molar-refractivity contribution in [2.45, 2.75) is 0 Å². The molecule has 0 heterocycles. The van der Waals surface area contributed by atoms with E-state index >= 15 is 0 Å². The van der Waals surface area contributed by atoms with E-state index in [9.17, 15) is 0 Å². The van der Waals surface area contributed by atoms with E-state index in [1.54, 1.807) is 6.26 Å². The van der Waals surface area contributed by atoms with Crippen molar-refractivity contribution in [1.82, 2.24) is 0 Å². The molecule has 0 atom stereocenters. The predicted molar refractivity (Wildman–Crippen MR) is 62.5 cm³/mol. The molecule has 0 aliphatic rings. The molecule has 0 saturated carbocycles. The number of ether oxygens (including phenoxy) is 1. The highest BCUT2D eigenvalue weighted by atomic mass is 16.5. The largest absolute Gasteiger partial charge is 0.465 e. The van der Waals surface area contributed by atoms with Gasteiger partial charge in [0.1, 0.15) is 5.75 Å². The lowest BCUT2D eigenvalue weighted by Gasteiger charge is -1.98. The fourth-order valence-electron chi connectivity index (χ4n) is 1.25. The average Bonchev–Trinajstić information content (AvgIpc) is 2.32. The first kappa shape index (κ1) is 9.53. The summed E-state index contributed by atoms with van der Waals surface area (Å²) >= 11 is 0. The van der Waals surface area contributed by atoms with Gasteiger partial charge in [-0.05, 0) is 23.8 Å². The second-order valence-corrected chi connectivity index (χ2v) is 3.14. The molecule has 0 saturated heterocycles. The van der Waals surface area contributed by atoms with Crippen LogP contribution in [0.4, 0.5) is 0 Å². The average molecular weight is 196 g/mol. The van der Waals surface area contributed by atoms with Crippen LogP contribution in [0, 0.1) is 0 Å². The molecule has 0 unspecified atom stereocenters. The summed E-state index contributed by atoms with van der Waals surface area (Å²) in [5.41, 5.74) is 1.13. The maximum absolute atomic E-state index is 5.43. The van der Waals surface area contributed by atoms with Crippen LogP contribution in [0.3, 0.4) is 0 Å². The zero-order chi connectivity index (χ0) is 10.3. The Morgan fingerprint density at radius 2 is 1.33 bits per heavy atom. The third-order valence-corrected chi connectivity index (χ3v) is 2.01. The Morgan fingerprint density at radius 1 is 0.733 bits per heavy atom. The van der Waals surface area contributed by atoms with Crippen molar-refractivity contribution in [2.24, 2.45) is 0 Å². The Labute approximate surface area is 89.6 Å². The molecule has 0 aromatic heterocycles. The molecule has 2 rings (SSSR count). The summed E-state index contributed by atoms with van der Waals surface area (Å²) in [6.45, 7) is 0. The summed E-state index contributed by atoms with van der Waals surface area (Å²) < 4.78 is 5.43. The molecular formula is C14H12O. The van der Waals surface area contributed by atoms with Crippen molar-refractivity contribution < 1.29 is 4.74 Å². The fourth-order valence-corrected chi connectivity index (χ4v) is 1.25. The van der Waals surface area contributed by atoms with E-state index < -0.39 is 0 Å². The van der Waals surface area contributed by atoms with Gasteiger partial charge in [-0.1, -0.05) is 48.5 Å². The minimum atomic E-state index is 0.852. The summed E-state index contributed by atoms with van der Waals surface area (Å²) in [6.07, 6.45) is 3.64. The summed E-state index contributed by atoms with van der Waals surface area (Å²) in [7, 11) is 0. The molecule has 0 bridgehead atoms. The van der Waals surface area contributed by atoms with Gasteiger partial charge in [0.25, 0.3) is 0 Å². The van der Waals surface area contributed by atoms with Gasteiger partial charge in [0.15, 0.2) is 0 Å². The summed E-state index contributed by atoms with van der Waals surface area (Å²) in [5.74, 6) is 0.852. The lowest BCUT2D eigenvalue weighted by molar-refractivity contribution is 0.485. The van der Waals surface area contributed by atoms with Crippen LogP contribution in [-0.2, 0) is 0 Å². The number of rotatable bonds is 3. The minimum absolute atomic E-state index is 0.852. The van der Waals surface area contributed by atoms with Gasteiger partial charge in [0, 0.05) is 0 Å². The first-order chi connectivity index (χ1) is 7.45. The first-order valence-electron chi connectivity index (χ1n) is 4.88. The Balaban J connectivity index is 1.97. The van der Waals surface area contributed by atoms with Gasteiger partial charge >= 0.3 is 0 Å². The van der Waals surface area contributed by atoms with Crippen molar-refractivity contribution >= 4 is 6.08 Å². The Kier molecular flexibility index (Phi) is 3.18. The van der Waals surface area contributed by atoms with Gasteiger partial charge in [0.05, 0.1) is 6.26 Å². The maximum atomic E-state index is 5.43. The van der Waals surface area contributed by atoms with Crippen LogP contribution in [0.15, 0.2) is 66.9 Å². The number of para-hydroxylation sites is 1. The summed E-state index contributed by atoms with van der Waals surface area (Å²) in [4.78, 5) is 0. The smallest absolute Gasteiger partial charge is 0.126 e. The lowest BCUT2D eigenvalue weighted by atomic mass is 10.2. The van der Waals surface area contributed by atoms with Gasteiger partial charge in [-0.2, -0.15) is 0 Å². The molecule has 0 radical (unpaired) electrons. The predicted octanol–water partition coefficient (Wildman–Crippen LogP) is 3.74. The van der Waals surface area contributed by atoms with E-state index in [4.69, 9.17) is 4.74 Å². The SMILES string of the molecule is C(=C/c1ccccc1)/Oc1ccccc1. The number of benzene rings is 2. The van der Waals surface area contributed by atoms with Crippen molar-refractivity contribution in [3.63, 3.8) is 0 Å². The van der Waals surface area contributed by atoms with Crippen LogP contribution in [-0.4, -0.2) is 0 Å². The molecule has 0 aliphatic carbocycles. The quantitative estimate of drug-likeness (QED) is 0.679. The Hall–Kier alpha value is -2.02. The molecular weight excluding hydrogens is 184 g/mol. The van der Waals surface area contributed by atoms with Crippen molar-refractivity contribution in [1.29, 1.82) is 0 Å². The van der Waals surface area contributed by atoms with Crippen LogP contribution in [0.2, 0.25) is 0 Å². The van der Waals surface area contributed by atoms with E-state index in [0.29, 0.717) is 0 Å². The van der Waals surface area contributed by atoms with Gasteiger partial charge < -0.3 is 4.74 Å². The van der Waals surface area contributed by atoms with Crippen molar-refractivity contribution in [3.8, 4) is 5.75 Å². The normalized spacial score (nSPS) is 10.4. The molecule has 0 spiro atoms. The zero-order valence-corrected chi connectivity index (χ0v) is 8.34. The molecule has 1 nitrogen and oxygen atoms in total. The second kappa shape index (κ2) is 5.01. The number of hydrogen-bond donors (Lipinski definition) is 0. The fraction of sp³-hybridized carbons (Fsp3) is 0. The van der Waals surface area contributed by atoms with Gasteiger partial charge in [0.2, 0.25) is 0 Å². The summed E-state index contributed by atoms with van der Waals surface area (Å²) in [6, 6.07) is 19.8. The molecule has 2 aromatic carbocycles. The van der Waals surface area contributed by atoms with Crippen LogP contribution < -0.4 is 4.74 Å². The van der Waals surface area contributed by atoms with Crippen molar-refractivity contribution in [3.05, 3.63) is 72.5 Å². The van der Waals surface area contributed by atoms with Gasteiger partial charge in [-0.15, -0.1) is 0 Å². The van der Waals surface area contributed by atoms with E-state index in [-0.39, 0.29) is 0 Å². The van der Waals surface area contributed by atoms with Gasteiger partial charge in [-0.25, -0.2) is 0 Å². The molecule has 1 heteroatoms. The van der Waals surface area contributed by atoms with Crippen LogP contribution in [0.5, 0.6) is 5.75 Å². The second-order valence-electron chi connectivity index (χ2n) is 3.14. The summed E-state index contributed by atoms with van der Waals surface area (Å²) in [5, 5.41) is 0. The van der Waals surface area contributed by atoms with Gasteiger partial charge in [-0.3, -0.25) is 0 Å². The highest BCUT2D eigenvalue weighted by Gasteiger charge is 1.86. The Bertz CT molecular complexity index is 418. The third kappa shape index (κ3) is 2.99. The Morgan fingerprint density at radius 3 is 2.00 bits per heavy atom. The van der Waals surface area contributed by atoms with E-state index in [2.05, 4.69) is 0 Å². The monoisotopic (exact) mass is 196 g/mol. The minimum Gasteiger partial charge on any atom is -0.465 e. The molecule has 0 N–H and O–H groups in total. The van der Waals surface area contributed by atoms with Crippen LogP contribution in [0.25, 0.3) is 6.08 Å². The molecule has 15 heavy (non-hydrogen) atoms. The maximum Gasteiger partial charge on any atom is 0.126 e. The van der Waals surface area contributed by atoms with Crippen LogP contribution in [0.1, 0.15) is 5.56 Å². The third-order valence-electron chi connectivity index (χ3n) is 2.01. The highest BCUT2D eigenvalue weighted by molar-refractivity contribution is 5.48. The lowest BCUT2D eigenvalue weighted by Crippen LogP contribution is -1.80. The molecule has 2 aromatic rings. The molecule has 0 aliphatic heterocycles. The topological polar surface area (TPSA) is 9.23 Å². The highest BCUT2D eigenvalue weighted by Crippen LogP contribution is 2.09. The molecule has 0 amide bonds. The van der Waals surface area contributed by atoms with E-state index in [1.165, 1.54) is 0 Å². The standard InChI is InChI=1S/C14H12O/c1-3-7-13(8-4-1)11-12-15-14-9-5-2-6-10-14/h1-12H/b12-11-.